The van der Waals surface area contributed by atoms with Crippen LogP contribution in [0.25, 0.3) is 10.9 Å². The Morgan fingerprint density at radius 3 is 2.58 bits per heavy atom. The van der Waals surface area contributed by atoms with Crippen molar-refractivity contribution in [2.24, 2.45) is 0 Å². The number of anilines is 1. The Kier molecular flexibility index (Phi) is 4.63. The SMILES string of the molecule is Cc1ccc(OCC(=O)Nc2ccc3[nH]c(C(F)(F)F)cc3c2)c(C)c1. The van der Waals surface area contributed by atoms with Crippen molar-refractivity contribution in [2.45, 2.75) is 20.0 Å². The molecule has 0 aliphatic carbocycles. The van der Waals surface area contributed by atoms with Crippen molar-refractivity contribution in [1.29, 1.82) is 0 Å². The molecule has 2 aromatic carbocycles. The van der Waals surface area contributed by atoms with Gasteiger partial charge in [0.25, 0.3) is 5.91 Å². The Morgan fingerprint density at radius 2 is 1.88 bits per heavy atom. The van der Waals surface area contributed by atoms with Crippen LogP contribution in [0.15, 0.2) is 42.5 Å². The average Bonchev–Trinajstić information content (AvgIpc) is 2.97. The first-order valence-electron chi connectivity index (χ1n) is 7.92. The van der Waals surface area contributed by atoms with E-state index in [1.165, 1.54) is 18.2 Å². The van der Waals surface area contributed by atoms with E-state index in [4.69, 9.17) is 4.74 Å². The topological polar surface area (TPSA) is 54.1 Å². The molecule has 2 N–H and O–H groups in total. The second kappa shape index (κ2) is 6.74. The van der Waals surface area contributed by atoms with Crippen molar-refractivity contribution in [3.63, 3.8) is 0 Å². The fourth-order valence-corrected chi connectivity index (χ4v) is 2.66. The number of fused-ring (bicyclic) bond motifs is 1. The van der Waals surface area contributed by atoms with E-state index < -0.39 is 17.8 Å². The average molecular weight is 362 g/mol. The summed E-state index contributed by atoms with van der Waals surface area (Å²) < 4.78 is 43.7. The molecule has 1 aromatic heterocycles. The smallest absolute Gasteiger partial charge is 0.431 e. The summed E-state index contributed by atoms with van der Waals surface area (Å²) >= 11 is 0. The fraction of sp³-hybridized carbons (Fsp3) is 0.211. The highest BCUT2D eigenvalue weighted by atomic mass is 19.4. The predicted octanol–water partition coefficient (Wildman–Crippen LogP) is 4.82. The molecule has 1 amide bonds. The lowest BCUT2D eigenvalue weighted by atomic mass is 10.1. The second-order valence-corrected chi connectivity index (χ2v) is 6.09. The molecule has 0 aliphatic heterocycles. The maximum absolute atomic E-state index is 12.7. The molecular formula is C19H17F3N2O2. The number of aryl methyl sites for hydroxylation is 2. The summed E-state index contributed by atoms with van der Waals surface area (Å²) in [7, 11) is 0. The normalized spacial score (nSPS) is 11.6. The first kappa shape index (κ1) is 17.8. The Balaban J connectivity index is 1.67. The van der Waals surface area contributed by atoms with Gasteiger partial charge in [0, 0.05) is 16.6 Å². The van der Waals surface area contributed by atoms with Crippen LogP contribution in [-0.2, 0) is 11.0 Å². The molecule has 0 saturated carbocycles. The summed E-state index contributed by atoms with van der Waals surface area (Å²) in [6.45, 7) is 3.66. The van der Waals surface area contributed by atoms with Gasteiger partial charge >= 0.3 is 6.18 Å². The van der Waals surface area contributed by atoms with Crippen LogP contribution in [-0.4, -0.2) is 17.5 Å². The Labute approximate surface area is 148 Å². The van der Waals surface area contributed by atoms with Crippen molar-refractivity contribution >= 4 is 22.5 Å². The van der Waals surface area contributed by atoms with Gasteiger partial charge in [-0.1, -0.05) is 17.7 Å². The van der Waals surface area contributed by atoms with Gasteiger partial charge in [0.15, 0.2) is 6.61 Å². The van der Waals surface area contributed by atoms with Crippen LogP contribution in [0.4, 0.5) is 18.9 Å². The van der Waals surface area contributed by atoms with Gasteiger partial charge in [0.1, 0.15) is 11.4 Å². The van der Waals surface area contributed by atoms with Crippen LogP contribution >= 0.6 is 0 Å². The second-order valence-electron chi connectivity index (χ2n) is 6.09. The van der Waals surface area contributed by atoms with Crippen molar-refractivity contribution in [1.82, 2.24) is 4.98 Å². The number of hydrogen-bond acceptors (Lipinski definition) is 2. The first-order chi connectivity index (χ1) is 12.2. The molecule has 4 nitrogen and oxygen atoms in total. The summed E-state index contributed by atoms with van der Waals surface area (Å²) in [6, 6.07) is 11.2. The zero-order valence-corrected chi connectivity index (χ0v) is 14.2. The molecule has 0 spiro atoms. The van der Waals surface area contributed by atoms with E-state index in [1.807, 2.05) is 26.0 Å². The fourth-order valence-electron chi connectivity index (χ4n) is 2.66. The zero-order chi connectivity index (χ0) is 18.9. The number of ether oxygens (including phenoxy) is 1. The van der Waals surface area contributed by atoms with E-state index in [1.54, 1.807) is 6.07 Å². The van der Waals surface area contributed by atoms with Gasteiger partial charge in [0.05, 0.1) is 0 Å². The largest absolute Gasteiger partial charge is 0.483 e. The van der Waals surface area contributed by atoms with Gasteiger partial charge in [-0.3, -0.25) is 4.79 Å². The van der Waals surface area contributed by atoms with Gasteiger partial charge < -0.3 is 15.0 Å². The van der Waals surface area contributed by atoms with Crippen molar-refractivity contribution in [3.05, 3.63) is 59.3 Å². The summed E-state index contributed by atoms with van der Waals surface area (Å²) in [5.74, 6) is 0.220. The summed E-state index contributed by atoms with van der Waals surface area (Å²) in [4.78, 5) is 14.4. The maximum atomic E-state index is 12.7. The standard InChI is InChI=1S/C19H17F3N2O2/c1-11-3-6-16(12(2)7-11)26-10-18(25)23-14-4-5-15-13(8-14)9-17(24-15)19(20,21)22/h3-9,24H,10H2,1-2H3,(H,23,25). The highest BCUT2D eigenvalue weighted by molar-refractivity contribution is 5.94. The molecule has 3 rings (SSSR count). The first-order valence-corrected chi connectivity index (χ1v) is 7.92. The monoisotopic (exact) mass is 362 g/mol. The minimum atomic E-state index is -4.44. The number of hydrogen-bond donors (Lipinski definition) is 2. The number of carbonyl (C=O) groups excluding carboxylic acids is 1. The lowest BCUT2D eigenvalue weighted by Crippen LogP contribution is -2.20. The van der Waals surface area contributed by atoms with E-state index in [2.05, 4.69) is 10.3 Å². The molecule has 0 unspecified atom stereocenters. The highest BCUT2D eigenvalue weighted by Gasteiger charge is 2.32. The Hall–Kier alpha value is -2.96. The van der Waals surface area contributed by atoms with E-state index in [0.717, 1.165) is 17.2 Å². The molecule has 1 heterocycles. The number of alkyl halides is 3. The minimum Gasteiger partial charge on any atom is -0.483 e. The Morgan fingerprint density at radius 1 is 1.12 bits per heavy atom. The van der Waals surface area contributed by atoms with Gasteiger partial charge in [-0.15, -0.1) is 0 Å². The molecule has 0 bridgehead atoms. The number of H-pyrrole nitrogens is 1. The van der Waals surface area contributed by atoms with Crippen LogP contribution in [0, 0.1) is 13.8 Å². The van der Waals surface area contributed by atoms with E-state index in [9.17, 15) is 18.0 Å². The van der Waals surface area contributed by atoms with Crippen LogP contribution < -0.4 is 10.1 Å². The van der Waals surface area contributed by atoms with Crippen molar-refractivity contribution in [2.75, 3.05) is 11.9 Å². The van der Waals surface area contributed by atoms with Gasteiger partial charge in [-0.25, -0.2) is 0 Å². The van der Waals surface area contributed by atoms with Crippen LogP contribution in [0.2, 0.25) is 0 Å². The summed E-state index contributed by atoms with van der Waals surface area (Å²) in [6.07, 6.45) is -4.44. The third kappa shape index (κ3) is 3.99. The number of aromatic nitrogens is 1. The summed E-state index contributed by atoms with van der Waals surface area (Å²) in [5.41, 5.74) is 1.94. The van der Waals surface area contributed by atoms with Crippen molar-refractivity contribution in [3.8, 4) is 5.75 Å². The number of halogens is 3. The Bertz CT molecular complexity index is 961. The number of amides is 1. The number of aromatic amines is 1. The van der Waals surface area contributed by atoms with Gasteiger partial charge in [-0.05, 0) is 49.7 Å². The lowest BCUT2D eigenvalue weighted by molar-refractivity contribution is -0.140. The number of benzene rings is 2. The van der Waals surface area contributed by atoms with Crippen LogP contribution in [0.5, 0.6) is 5.75 Å². The molecular weight excluding hydrogens is 345 g/mol. The van der Waals surface area contributed by atoms with Crippen LogP contribution in [0.3, 0.4) is 0 Å². The molecule has 0 fully saturated rings. The van der Waals surface area contributed by atoms with E-state index in [-0.39, 0.29) is 6.61 Å². The molecule has 0 atom stereocenters. The molecule has 26 heavy (non-hydrogen) atoms. The number of nitrogens with one attached hydrogen (secondary N) is 2. The molecule has 136 valence electrons. The van der Waals surface area contributed by atoms with E-state index >= 15 is 0 Å². The highest BCUT2D eigenvalue weighted by Crippen LogP contribution is 2.31. The molecule has 0 aliphatic rings. The molecule has 0 saturated heterocycles. The third-order valence-electron chi connectivity index (χ3n) is 3.90. The maximum Gasteiger partial charge on any atom is 0.431 e. The van der Waals surface area contributed by atoms with E-state index in [0.29, 0.717) is 22.3 Å². The molecule has 0 radical (unpaired) electrons. The number of rotatable bonds is 4. The minimum absolute atomic E-state index is 0.192. The lowest BCUT2D eigenvalue weighted by Gasteiger charge is -2.10. The van der Waals surface area contributed by atoms with Gasteiger partial charge in [0.2, 0.25) is 0 Å². The summed E-state index contributed by atoms with van der Waals surface area (Å²) in [5, 5.41) is 2.99. The quantitative estimate of drug-likeness (QED) is 0.699. The van der Waals surface area contributed by atoms with Gasteiger partial charge in [-0.2, -0.15) is 13.2 Å². The number of carbonyl (C=O) groups is 1. The predicted molar refractivity (Wildman–Crippen MR) is 93.3 cm³/mol. The zero-order valence-electron chi connectivity index (χ0n) is 14.2. The van der Waals surface area contributed by atoms with Crippen molar-refractivity contribution < 1.29 is 22.7 Å². The third-order valence-corrected chi connectivity index (χ3v) is 3.90. The molecule has 3 aromatic rings. The molecule has 7 heteroatoms. The van der Waals surface area contributed by atoms with Crippen LogP contribution in [0.1, 0.15) is 16.8 Å².